The number of aryl methyl sites for hydroxylation is 1. The molecule has 0 aliphatic carbocycles. The Morgan fingerprint density at radius 1 is 1.28 bits per heavy atom. The van der Waals surface area contributed by atoms with Gasteiger partial charge in [-0.1, -0.05) is 6.07 Å². The Bertz CT molecular complexity index is 528. The molecule has 1 aromatic carbocycles. The monoisotopic (exact) mass is 253 g/mol. The van der Waals surface area contributed by atoms with Crippen LogP contribution in [-0.2, 0) is 6.42 Å². The summed E-state index contributed by atoms with van der Waals surface area (Å²) in [6.45, 7) is 0.825. The summed E-state index contributed by atoms with van der Waals surface area (Å²) in [5, 5.41) is 10.5. The average Bonchev–Trinajstić information content (AvgIpc) is 2.82. The third kappa shape index (κ3) is 2.70. The predicted molar refractivity (Wildman–Crippen MR) is 61.9 cm³/mol. The van der Waals surface area contributed by atoms with E-state index in [4.69, 9.17) is 4.42 Å². The van der Waals surface area contributed by atoms with Gasteiger partial charge in [0.25, 0.3) is 5.89 Å². The predicted octanol–water partition coefficient (Wildman–Crippen LogP) is 2.17. The number of nitrogens with one attached hydrogen (secondary N) is 1. The van der Waals surface area contributed by atoms with Crippen LogP contribution in [0, 0.1) is 11.6 Å². The van der Waals surface area contributed by atoms with E-state index in [1.807, 2.05) is 7.05 Å². The third-order valence-corrected chi connectivity index (χ3v) is 2.47. The number of benzene rings is 1. The van der Waals surface area contributed by atoms with E-state index in [-0.39, 0.29) is 11.5 Å². The summed E-state index contributed by atoms with van der Waals surface area (Å²) >= 11 is 0. The highest BCUT2D eigenvalue weighted by Gasteiger charge is 2.15. The highest BCUT2D eigenvalue weighted by atomic mass is 19.2. The van der Waals surface area contributed by atoms with E-state index in [1.165, 1.54) is 12.1 Å². The molecule has 1 N–H and O–H groups in total. The minimum Gasteiger partial charge on any atom is -0.421 e. The first-order valence-corrected chi connectivity index (χ1v) is 5.63. The molecular formula is C12H13F2N3O. The van der Waals surface area contributed by atoms with E-state index in [0.29, 0.717) is 12.3 Å². The summed E-state index contributed by atoms with van der Waals surface area (Å²) in [7, 11) is 1.85. The minimum absolute atomic E-state index is 0.00598. The molecule has 4 nitrogen and oxygen atoms in total. The zero-order valence-corrected chi connectivity index (χ0v) is 9.91. The Hall–Kier alpha value is -1.82. The molecule has 18 heavy (non-hydrogen) atoms. The van der Waals surface area contributed by atoms with Gasteiger partial charge in [0.1, 0.15) is 0 Å². The van der Waals surface area contributed by atoms with Crippen LogP contribution < -0.4 is 5.32 Å². The number of hydrogen-bond donors (Lipinski definition) is 1. The summed E-state index contributed by atoms with van der Waals surface area (Å²) < 4.78 is 31.8. The van der Waals surface area contributed by atoms with Gasteiger partial charge in [-0.2, -0.15) is 0 Å². The van der Waals surface area contributed by atoms with Gasteiger partial charge in [0.05, 0.1) is 5.56 Å². The van der Waals surface area contributed by atoms with Crippen molar-refractivity contribution in [1.82, 2.24) is 15.5 Å². The van der Waals surface area contributed by atoms with Crippen LogP contribution in [0.2, 0.25) is 0 Å². The largest absolute Gasteiger partial charge is 0.421 e. The second kappa shape index (κ2) is 5.68. The first-order chi connectivity index (χ1) is 8.72. The number of halogens is 2. The molecule has 96 valence electrons. The van der Waals surface area contributed by atoms with Gasteiger partial charge in [0.2, 0.25) is 5.89 Å². The van der Waals surface area contributed by atoms with Crippen LogP contribution >= 0.6 is 0 Å². The lowest BCUT2D eigenvalue weighted by atomic mass is 10.2. The molecule has 0 aliphatic rings. The summed E-state index contributed by atoms with van der Waals surface area (Å²) in [5.74, 6) is -1.47. The van der Waals surface area contributed by atoms with Gasteiger partial charge in [-0.3, -0.25) is 0 Å². The van der Waals surface area contributed by atoms with E-state index >= 15 is 0 Å². The van der Waals surface area contributed by atoms with E-state index in [1.54, 1.807) is 0 Å². The number of rotatable bonds is 5. The van der Waals surface area contributed by atoms with E-state index in [9.17, 15) is 8.78 Å². The summed E-state index contributed by atoms with van der Waals surface area (Å²) in [6.07, 6.45) is 1.44. The Balaban J connectivity index is 2.16. The fraction of sp³-hybridized carbons (Fsp3) is 0.333. The number of hydrogen-bond acceptors (Lipinski definition) is 4. The molecular weight excluding hydrogens is 240 g/mol. The Morgan fingerprint density at radius 3 is 2.89 bits per heavy atom. The molecule has 0 amide bonds. The fourth-order valence-electron chi connectivity index (χ4n) is 1.55. The molecule has 6 heteroatoms. The van der Waals surface area contributed by atoms with Gasteiger partial charge in [0, 0.05) is 6.42 Å². The molecule has 0 spiro atoms. The van der Waals surface area contributed by atoms with Crippen molar-refractivity contribution in [1.29, 1.82) is 0 Å². The SMILES string of the molecule is CNCCCc1nnc(-c2cccc(F)c2F)o1. The van der Waals surface area contributed by atoms with Crippen LogP contribution in [-0.4, -0.2) is 23.8 Å². The van der Waals surface area contributed by atoms with Crippen molar-refractivity contribution in [2.45, 2.75) is 12.8 Å². The van der Waals surface area contributed by atoms with E-state index < -0.39 is 11.6 Å². The summed E-state index contributed by atoms with van der Waals surface area (Å²) in [6, 6.07) is 3.85. The fourth-order valence-corrected chi connectivity index (χ4v) is 1.55. The first-order valence-electron chi connectivity index (χ1n) is 5.63. The Kier molecular flexibility index (Phi) is 3.99. The highest BCUT2D eigenvalue weighted by Crippen LogP contribution is 2.23. The summed E-state index contributed by atoms with van der Waals surface area (Å²) in [4.78, 5) is 0. The maximum Gasteiger partial charge on any atom is 0.250 e. The molecule has 0 atom stereocenters. The van der Waals surface area contributed by atoms with Crippen LogP contribution in [0.3, 0.4) is 0 Å². The average molecular weight is 253 g/mol. The smallest absolute Gasteiger partial charge is 0.250 e. The molecule has 2 rings (SSSR count). The van der Waals surface area contributed by atoms with Crippen molar-refractivity contribution in [2.75, 3.05) is 13.6 Å². The topological polar surface area (TPSA) is 51.0 Å². The van der Waals surface area contributed by atoms with Gasteiger partial charge < -0.3 is 9.73 Å². The molecule has 0 unspecified atom stereocenters. The molecule has 0 aliphatic heterocycles. The molecule has 0 saturated heterocycles. The maximum atomic E-state index is 13.5. The first kappa shape index (κ1) is 12.6. The van der Waals surface area contributed by atoms with Gasteiger partial charge in [0.15, 0.2) is 11.6 Å². The van der Waals surface area contributed by atoms with Crippen molar-refractivity contribution in [2.24, 2.45) is 0 Å². The molecule has 2 aromatic rings. The van der Waals surface area contributed by atoms with Crippen LogP contribution in [0.15, 0.2) is 22.6 Å². The maximum absolute atomic E-state index is 13.5. The lowest BCUT2D eigenvalue weighted by molar-refractivity contribution is 0.481. The lowest BCUT2D eigenvalue weighted by Crippen LogP contribution is -2.08. The Morgan fingerprint density at radius 2 is 2.11 bits per heavy atom. The molecule has 0 fully saturated rings. The number of nitrogens with zero attached hydrogens (tertiary/aromatic N) is 2. The molecule has 1 heterocycles. The van der Waals surface area contributed by atoms with Gasteiger partial charge >= 0.3 is 0 Å². The van der Waals surface area contributed by atoms with Crippen LogP contribution in [0.5, 0.6) is 0 Å². The van der Waals surface area contributed by atoms with Gasteiger partial charge in [-0.25, -0.2) is 8.78 Å². The van der Waals surface area contributed by atoms with Gasteiger partial charge in [-0.15, -0.1) is 10.2 Å². The van der Waals surface area contributed by atoms with Crippen molar-refractivity contribution >= 4 is 0 Å². The molecule has 0 saturated carbocycles. The van der Waals surface area contributed by atoms with Crippen molar-refractivity contribution in [3.8, 4) is 11.5 Å². The minimum atomic E-state index is -0.970. The van der Waals surface area contributed by atoms with Crippen LogP contribution in [0.25, 0.3) is 11.5 Å². The quantitative estimate of drug-likeness (QED) is 0.830. The lowest BCUT2D eigenvalue weighted by Gasteiger charge is -1.98. The van der Waals surface area contributed by atoms with E-state index in [0.717, 1.165) is 19.0 Å². The second-order valence-corrected chi connectivity index (χ2v) is 3.81. The highest BCUT2D eigenvalue weighted by molar-refractivity contribution is 5.53. The number of aromatic nitrogens is 2. The second-order valence-electron chi connectivity index (χ2n) is 3.81. The molecule has 1 aromatic heterocycles. The zero-order chi connectivity index (χ0) is 13.0. The van der Waals surface area contributed by atoms with Crippen molar-refractivity contribution < 1.29 is 13.2 Å². The summed E-state index contributed by atoms with van der Waals surface area (Å²) in [5.41, 5.74) is -0.0117. The van der Waals surface area contributed by atoms with E-state index in [2.05, 4.69) is 15.5 Å². The zero-order valence-electron chi connectivity index (χ0n) is 9.91. The van der Waals surface area contributed by atoms with Gasteiger partial charge in [-0.05, 0) is 32.1 Å². The van der Waals surface area contributed by atoms with Crippen molar-refractivity contribution in [3.05, 3.63) is 35.7 Å². The van der Waals surface area contributed by atoms with Crippen LogP contribution in [0.1, 0.15) is 12.3 Å². The Labute approximate surface area is 103 Å². The third-order valence-electron chi connectivity index (χ3n) is 2.47. The normalized spacial score (nSPS) is 10.8. The molecule has 0 bridgehead atoms. The van der Waals surface area contributed by atoms with Crippen LogP contribution in [0.4, 0.5) is 8.78 Å². The van der Waals surface area contributed by atoms with Crippen molar-refractivity contribution in [3.63, 3.8) is 0 Å². The molecule has 0 radical (unpaired) electrons. The standard InChI is InChI=1S/C12H13F2N3O/c1-15-7-3-6-10-16-17-12(18-10)8-4-2-5-9(13)11(8)14/h2,4-5,15H,3,6-7H2,1H3.